The minimum atomic E-state index is -0.143. The molecule has 0 aromatic heterocycles. The van der Waals surface area contributed by atoms with Crippen LogP contribution < -0.4 is 11.1 Å². The van der Waals surface area contributed by atoms with Gasteiger partial charge in [0.2, 0.25) is 0 Å². The quantitative estimate of drug-likeness (QED) is 0.518. The van der Waals surface area contributed by atoms with Crippen LogP contribution in [-0.4, -0.2) is 17.3 Å². The highest BCUT2D eigenvalue weighted by Crippen LogP contribution is 2.34. The lowest BCUT2D eigenvalue weighted by Crippen LogP contribution is -2.48. The summed E-state index contributed by atoms with van der Waals surface area (Å²) in [6, 6.07) is 0.259. The summed E-state index contributed by atoms with van der Waals surface area (Å²) in [7, 11) is 0. The second-order valence-corrected chi connectivity index (χ2v) is 6.56. The molecule has 2 unspecified atom stereocenters. The summed E-state index contributed by atoms with van der Waals surface area (Å²) in [6.45, 7) is 14.7. The van der Waals surface area contributed by atoms with Crippen molar-refractivity contribution in [2.45, 2.75) is 70.9 Å². The SMILES string of the molecule is C=CC(C)(NC(=C)C(/C=C\N)=NC(C)CC)C1CCCCC1. The van der Waals surface area contributed by atoms with Crippen molar-refractivity contribution >= 4 is 5.71 Å². The Morgan fingerprint density at radius 2 is 2.05 bits per heavy atom. The number of nitrogens with two attached hydrogens (primary N) is 1. The molecular formula is C19H33N3. The first-order valence-corrected chi connectivity index (χ1v) is 8.54. The van der Waals surface area contributed by atoms with Crippen molar-refractivity contribution in [3.8, 4) is 0 Å². The smallest absolute Gasteiger partial charge is 0.0817 e. The van der Waals surface area contributed by atoms with Crippen molar-refractivity contribution in [3.63, 3.8) is 0 Å². The summed E-state index contributed by atoms with van der Waals surface area (Å²) in [6.07, 6.45) is 12.8. The molecule has 0 spiro atoms. The molecule has 1 aliphatic rings. The highest BCUT2D eigenvalue weighted by Gasteiger charge is 2.32. The summed E-state index contributed by atoms with van der Waals surface area (Å²) in [4.78, 5) is 4.70. The molecule has 1 rings (SSSR count). The van der Waals surface area contributed by atoms with E-state index >= 15 is 0 Å². The van der Waals surface area contributed by atoms with E-state index in [1.54, 1.807) is 0 Å². The van der Waals surface area contributed by atoms with Crippen molar-refractivity contribution in [1.82, 2.24) is 5.32 Å². The minimum absolute atomic E-state index is 0.143. The lowest BCUT2D eigenvalue weighted by molar-refractivity contribution is 0.237. The normalized spacial score (nSPS) is 21.3. The van der Waals surface area contributed by atoms with Crippen LogP contribution in [0.1, 0.15) is 59.3 Å². The summed E-state index contributed by atoms with van der Waals surface area (Å²) in [5, 5.41) is 3.58. The third-order valence-electron chi connectivity index (χ3n) is 4.81. The monoisotopic (exact) mass is 303 g/mol. The molecule has 0 aliphatic heterocycles. The van der Waals surface area contributed by atoms with Gasteiger partial charge in [-0.15, -0.1) is 6.58 Å². The average molecular weight is 303 g/mol. The van der Waals surface area contributed by atoms with Crippen LogP contribution in [0.2, 0.25) is 0 Å². The molecule has 1 aliphatic carbocycles. The standard InChI is InChI=1S/C19H33N3/c1-6-15(3)21-18(13-14-20)16(4)22-19(5,7-2)17-11-9-8-10-12-17/h7,13-15,17,22H,2,4,6,8-12,20H2,1,3,5H3/b14-13-,21-18?. The Morgan fingerprint density at radius 3 is 2.55 bits per heavy atom. The van der Waals surface area contributed by atoms with Crippen LogP contribution in [-0.2, 0) is 0 Å². The average Bonchev–Trinajstić information content (AvgIpc) is 2.54. The van der Waals surface area contributed by atoms with Crippen molar-refractivity contribution < 1.29 is 0 Å². The van der Waals surface area contributed by atoms with Gasteiger partial charge in [-0.2, -0.15) is 0 Å². The van der Waals surface area contributed by atoms with E-state index in [2.05, 4.69) is 39.2 Å². The minimum Gasteiger partial charge on any atom is -0.405 e. The first-order valence-electron chi connectivity index (χ1n) is 8.54. The first-order chi connectivity index (χ1) is 10.5. The van der Waals surface area contributed by atoms with Crippen LogP contribution in [0.15, 0.2) is 42.2 Å². The Balaban J connectivity index is 2.89. The molecule has 0 bridgehead atoms. The fourth-order valence-corrected chi connectivity index (χ4v) is 3.05. The van der Waals surface area contributed by atoms with Gasteiger partial charge >= 0.3 is 0 Å². The molecule has 3 nitrogen and oxygen atoms in total. The van der Waals surface area contributed by atoms with Crippen LogP contribution in [0.25, 0.3) is 0 Å². The number of hydrogen-bond acceptors (Lipinski definition) is 3. The molecule has 124 valence electrons. The zero-order chi connectivity index (χ0) is 16.6. The number of nitrogens with zero attached hydrogens (tertiary/aromatic N) is 1. The highest BCUT2D eigenvalue weighted by atomic mass is 15.0. The third kappa shape index (κ3) is 5.04. The molecule has 0 aromatic rings. The van der Waals surface area contributed by atoms with Gasteiger partial charge in [-0.25, -0.2) is 0 Å². The van der Waals surface area contributed by atoms with Crippen molar-refractivity contribution in [3.05, 3.63) is 37.2 Å². The predicted octanol–water partition coefficient (Wildman–Crippen LogP) is 4.33. The van der Waals surface area contributed by atoms with E-state index in [-0.39, 0.29) is 11.6 Å². The van der Waals surface area contributed by atoms with Crippen LogP contribution in [0.5, 0.6) is 0 Å². The van der Waals surface area contributed by atoms with Gasteiger partial charge in [0.05, 0.1) is 16.9 Å². The maximum Gasteiger partial charge on any atom is 0.0817 e. The second kappa shape index (κ2) is 8.82. The van der Waals surface area contributed by atoms with Crippen LogP contribution in [0.3, 0.4) is 0 Å². The van der Waals surface area contributed by atoms with Gasteiger partial charge in [0.25, 0.3) is 0 Å². The molecule has 22 heavy (non-hydrogen) atoms. The summed E-state index contributed by atoms with van der Waals surface area (Å²) >= 11 is 0. The topological polar surface area (TPSA) is 50.4 Å². The molecule has 2 atom stereocenters. The number of nitrogens with one attached hydrogen (secondary N) is 1. The Labute approximate surface area is 136 Å². The largest absolute Gasteiger partial charge is 0.405 e. The lowest BCUT2D eigenvalue weighted by atomic mass is 9.75. The molecule has 0 heterocycles. The zero-order valence-corrected chi connectivity index (χ0v) is 14.6. The Morgan fingerprint density at radius 1 is 1.41 bits per heavy atom. The van der Waals surface area contributed by atoms with Gasteiger partial charge < -0.3 is 11.1 Å². The predicted molar refractivity (Wildman–Crippen MR) is 98.0 cm³/mol. The Hall–Kier alpha value is -1.51. The van der Waals surface area contributed by atoms with Gasteiger partial charge in [0.15, 0.2) is 0 Å². The third-order valence-corrected chi connectivity index (χ3v) is 4.81. The number of rotatable bonds is 8. The van der Waals surface area contributed by atoms with Crippen LogP contribution in [0.4, 0.5) is 0 Å². The van der Waals surface area contributed by atoms with Gasteiger partial charge in [-0.05, 0) is 51.3 Å². The van der Waals surface area contributed by atoms with Gasteiger partial charge in [0.1, 0.15) is 0 Å². The van der Waals surface area contributed by atoms with Crippen molar-refractivity contribution in [2.24, 2.45) is 16.6 Å². The Kier molecular flexibility index (Phi) is 7.43. The molecule has 0 saturated heterocycles. The van der Waals surface area contributed by atoms with E-state index in [9.17, 15) is 0 Å². The molecule has 1 saturated carbocycles. The lowest BCUT2D eigenvalue weighted by Gasteiger charge is -2.39. The fraction of sp³-hybridized carbons (Fsp3) is 0.632. The second-order valence-electron chi connectivity index (χ2n) is 6.56. The molecule has 3 heteroatoms. The fourth-order valence-electron chi connectivity index (χ4n) is 3.05. The van der Waals surface area contributed by atoms with Crippen LogP contribution in [0, 0.1) is 5.92 Å². The van der Waals surface area contributed by atoms with E-state index in [1.807, 2.05) is 12.2 Å². The number of hydrogen-bond donors (Lipinski definition) is 2. The maximum atomic E-state index is 5.57. The summed E-state index contributed by atoms with van der Waals surface area (Å²) in [5.74, 6) is 0.599. The molecule has 1 fully saturated rings. The van der Waals surface area contributed by atoms with E-state index in [0.29, 0.717) is 5.92 Å². The summed E-state index contributed by atoms with van der Waals surface area (Å²) < 4.78 is 0. The van der Waals surface area contributed by atoms with Gasteiger partial charge in [-0.1, -0.05) is 38.8 Å². The van der Waals surface area contributed by atoms with E-state index in [1.165, 1.54) is 38.3 Å². The van der Waals surface area contributed by atoms with E-state index in [4.69, 9.17) is 10.7 Å². The Bertz CT molecular complexity index is 430. The van der Waals surface area contributed by atoms with Gasteiger partial charge in [0, 0.05) is 6.04 Å². The van der Waals surface area contributed by atoms with Gasteiger partial charge in [-0.3, -0.25) is 4.99 Å². The van der Waals surface area contributed by atoms with Crippen molar-refractivity contribution in [2.75, 3.05) is 0 Å². The molecule has 0 aromatic carbocycles. The van der Waals surface area contributed by atoms with E-state index < -0.39 is 0 Å². The zero-order valence-electron chi connectivity index (χ0n) is 14.6. The highest BCUT2D eigenvalue weighted by molar-refractivity contribution is 6.07. The number of allylic oxidation sites excluding steroid dienone is 1. The maximum absolute atomic E-state index is 5.57. The van der Waals surface area contributed by atoms with Crippen molar-refractivity contribution in [1.29, 1.82) is 0 Å². The molecule has 3 N–H and O–H groups in total. The molecular weight excluding hydrogens is 270 g/mol. The van der Waals surface area contributed by atoms with E-state index in [0.717, 1.165) is 17.8 Å². The van der Waals surface area contributed by atoms with Crippen LogP contribution >= 0.6 is 0 Å². The molecule has 0 amide bonds. The molecule has 0 radical (unpaired) electrons. The first kappa shape index (κ1) is 18.5. The number of aliphatic imine (C=N–C) groups is 1. The summed E-state index contributed by atoms with van der Waals surface area (Å²) in [5.41, 5.74) is 7.09.